The molecule has 0 heterocycles. The SMILES string of the molecule is C#CCC1CC(=O)CCC1CCC. The summed E-state index contributed by atoms with van der Waals surface area (Å²) in [6, 6.07) is 0. The zero-order valence-corrected chi connectivity index (χ0v) is 8.38. The van der Waals surface area contributed by atoms with Crippen LogP contribution in [0.15, 0.2) is 0 Å². The van der Waals surface area contributed by atoms with Crippen LogP contribution in [0.2, 0.25) is 0 Å². The van der Waals surface area contributed by atoms with Crippen molar-refractivity contribution in [3.63, 3.8) is 0 Å². The first-order chi connectivity index (χ1) is 6.27. The van der Waals surface area contributed by atoms with Crippen molar-refractivity contribution >= 4 is 5.78 Å². The first-order valence-electron chi connectivity index (χ1n) is 5.23. The van der Waals surface area contributed by atoms with Crippen LogP contribution in [0.25, 0.3) is 0 Å². The Hall–Kier alpha value is -0.770. The van der Waals surface area contributed by atoms with Gasteiger partial charge in [0.1, 0.15) is 5.78 Å². The molecule has 0 aromatic heterocycles. The van der Waals surface area contributed by atoms with Crippen LogP contribution in [0.5, 0.6) is 0 Å². The Kier molecular flexibility index (Phi) is 4.02. The van der Waals surface area contributed by atoms with Crippen molar-refractivity contribution in [2.75, 3.05) is 0 Å². The monoisotopic (exact) mass is 178 g/mol. The van der Waals surface area contributed by atoms with Crippen LogP contribution in [0.4, 0.5) is 0 Å². The molecule has 0 N–H and O–H groups in total. The maximum atomic E-state index is 11.2. The van der Waals surface area contributed by atoms with Gasteiger partial charge < -0.3 is 0 Å². The molecule has 0 aromatic rings. The van der Waals surface area contributed by atoms with Gasteiger partial charge in [0.2, 0.25) is 0 Å². The quantitative estimate of drug-likeness (QED) is 0.607. The smallest absolute Gasteiger partial charge is 0.133 e. The molecule has 72 valence electrons. The van der Waals surface area contributed by atoms with E-state index in [0.29, 0.717) is 17.6 Å². The lowest BCUT2D eigenvalue weighted by Gasteiger charge is -2.29. The molecule has 1 aliphatic rings. The largest absolute Gasteiger partial charge is 0.300 e. The van der Waals surface area contributed by atoms with Gasteiger partial charge in [-0.3, -0.25) is 4.79 Å². The molecule has 1 saturated carbocycles. The van der Waals surface area contributed by atoms with Crippen LogP contribution in [0, 0.1) is 24.2 Å². The normalized spacial score (nSPS) is 28.5. The molecule has 1 rings (SSSR count). The van der Waals surface area contributed by atoms with Crippen LogP contribution in [0.1, 0.15) is 45.4 Å². The number of carbonyl (C=O) groups excluding carboxylic acids is 1. The summed E-state index contributed by atoms with van der Waals surface area (Å²) in [7, 11) is 0. The predicted molar refractivity (Wildman–Crippen MR) is 54.2 cm³/mol. The number of rotatable bonds is 3. The number of ketones is 1. The molecule has 0 bridgehead atoms. The topological polar surface area (TPSA) is 17.1 Å². The summed E-state index contributed by atoms with van der Waals surface area (Å²) in [5.41, 5.74) is 0. The van der Waals surface area contributed by atoms with E-state index in [1.807, 2.05) is 0 Å². The highest BCUT2D eigenvalue weighted by molar-refractivity contribution is 5.79. The summed E-state index contributed by atoms with van der Waals surface area (Å²) in [4.78, 5) is 11.2. The number of carbonyl (C=O) groups is 1. The summed E-state index contributed by atoms with van der Waals surface area (Å²) in [6.45, 7) is 2.20. The van der Waals surface area contributed by atoms with Crippen molar-refractivity contribution < 1.29 is 4.79 Å². The fourth-order valence-corrected chi connectivity index (χ4v) is 2.28. The molecular formula is C12H18O. The summed E-state index contributed by atoms with van der Waals surface area (Å²) >= 11 is 0. The Bertz CT molecular complexity index is 212. The van der Waals surface area contributed by atoms with Gasteiger partial charge in [-0.25, -0.2) is 0 Å². The predicted octanol–water partition coefficient (Wildman–Crippen LogP) is 2.80. The van der Waals surface area contributed by atoms with Gasteiger partial charge in [-0.1, -0.05) is 19.8 Å². The second kappa shape index (κ2) is 5.07. The molecule has 2 atom stereocenters. The average Bonchev–Trinajstić information content (AvgIpc) is 2.10. The van der Waals surface area contributed by atoms with E-state index >= 15 is 0 Å². The molecular weight excluding hydrogens is 160 g/mol. The lowest BCUT2D eigenvalue weighted by atomic mass is 9.75. The van der Waals surface area contributed by atoms with E-state index in [1.54, 1.807) is 0 Å². The van der Waals surface area contributed by atoms with Gasteiger partial charge in [-0.15, -0.1) is 12.3 Å². The molecule has 0 radical (unpaired) electrons. The first kappa shape index (κ1) is 10.3. The van der Waals surface area contributed by atoms with E-state index in [4.69, 9.17) is 6.42 Å². The minimum Gasteiger partial charge on any atom is -0.300 e. The van der Waals surface area contributed by atoms with Crippen molar-refractivity contribution in [1.82, 2.24) is 0 Å². The molecule has 1 nitrogen and oxygen atoms in total. The summed E-state index contributed by atoms with van der Waals surface area (Å²) in [5.74, 6) is 4.29. The zero-order chi connectivity index (χ0) is 9.68. The Morgan fingerprint density at radius 1 is 1.54 bits per heavy atom. The van der Waals surface area contributed by atoms with E-state index in [0.717, 1.165) is 25.7 Å². The van der Waals surface area contributed by atoms with Crippen LogP contribution < -0.4 is 0 Å². The highest BCUT2D eigenvalue weighted by atomic mass is 16.1. The van der Waals surface area contributed by atoms with E-state index in [2.05, 4.69) is 12.8 Å². The van der Waals surface area contributed by atoms with Crippen LogP contribution in [-0.2, 0) is 4.79 Å². The van der Waals surface area contributed by atoms with Crippen LogP contribution >= 0.6 is 0 Å². The Labute approximate surface area is 80.9 Å². The average molecular weight is 178 g/mol. The highest BCUT2D eigenvalue weighted by Crippen LogP contribution is 2.33. The molecule has 0 aliphatic heterocycles. The second-order valence-electron chi connectivity index (χ2n) is 4.00. The summed E-state index contributed by atoms with van der Waals surface area (Å²) in [5, 5.41) is 0. The van der Waals surface area contributed by atoms with Crippen molar-refractivity contribution in [3.8, 4) is 12.3 Å². The molecule has 0 amide bonds. The second-order valence-corrected chi connectivity index (χ2v) is 4.00. The van der Waals surface area contributed by atoms with Crippen LogP contribution in [-0.4, -0.2) is 5.78 Å². The zero-order valence-electron chi connectivity index (χ0n) is 8.38. The number of hydrogen-bond donors (Lipinski definition) is 0. The van der Waals surface area contributed by atoms with Gasteiger partial charge >= 0.3 is 0 Å². The molecule has 0 saturated heterocycles. The molecule has 0 spiro atoms. The lowest BCUT2D eigenvalue weighted by molar-refractivity contribution is -0.122. The number of hydrogen-bond acceptors (Lipinski definition) is 1. The van der Waals surface area contributed by atoms with E-state index < -0.39 is 0 Å². The minimum absolute atomic E-state index is 0.410. The molecule has 13 heavy (non-hydrogen) atoms. The van der Waals surface area contributed by atoms with Gasteiger partial charge in [0.05, 0.1) is 0 Å². The third-order valence-electron chi connectivity index (χ3n) is 2.99. The van der Waals surface area contributed by atoms with Gasteiger partial charge in [-0.05, 0) is 18.3 Å². The van der Waals surface area contributed by atoms with Crippen molar-refractivity contribution in [2.24, 2.45) is 11.8 Å². The molecule has 1 aliphatic carbocycles. The maximum Gasteiger partial charge on any atom is 0.133 e. The third kappa shape index (κ3) is 2.88. The summed E-state index contributed by atoms with van der Waals surface area (Å²) < 4.78 is 0. The van der Waals surface area contributed by atoms with E-state index in [1.165, 1.54) is 12.8 Å². The van der Waals surface area contributed by atoms with Gasteiger partial charge in [-0.2, -0.15) is 0 Å². The van der Waals surface area contributed by atoms with Gasteiger partial charge in [0, 0.05) is 19.3 Å². The Morgan fingerprint density at radius 3 is 2.92 bits per heavy atom. The number of Topliss-reactive ketones (excluding diaryl/α,β-unsaturated/α-hetero) is 1. The first-order valence-corrected chi connectivity index (χ1v) is 5.23. The van der Waals surface area contributed by atoms with Crippen molar-refractivity contribution in [2.45, 2.75) is 45.4 Å². The molecule has 0 aromatic carbocycles. The standard InChI is InChI=1S/C12H18O/c1-3-5-10-7-8-12(13)9-11(10)6-4-2/h2,10-11H,3,5-9H2,1H3. The minimum atomic E-state index is 0.410. The van der Waals surface area contributed by atoms with Crippen LogP contribution in [0.3, 0.4) is 0 Å². The third-order valence-corrected chi connectivity index (χ3v) is 2.99. The van der Waals surface area contributed by atoms with Crippen molar-refractivity contribution in [1.29, 1.82) is 0 Å². The number of terminal acetylenes is 1. The van der Waals surface area contributed by atoms with Crippen molar-refractivity contribution in [3.05, 3.63) is 0 Å². The molecule has 2 unspecified atom stereocenters. The Morgan fingerprint density at radius 2 is 2.31 bits per heavy atom. The maximum absolute atomic E-state index is 11.2. The van der Waals surface area contributed by atoms with E-state index in [9.17, 15) is 4.79 Å². The fraction of sp³-hybridized carbons (Fsp3) is 0.750. The lowest BCUT2D eigenvalue weighted by Crippen LogP contribution is -2.24. The van der Waals surface area contributed by atoms with Gasteiger partial charge in [0.25, 0.3) is 0 Å². The fourth-order valence-electron chi connectivity index (χ4n) is 2.28. The molecule has 1 fully saturated rings. The van der Waals surface area contributed by atoms with E-state index in [-0.39, 0.29) is 0 Å². The Balaban J connectivity index is 2.50. The molecule has 1 heteroatoms. The summed E-state index contributed by atoms with van der Waals surface area (Å²) in [6.07, 6.45) is 11.1. The highest BCUT2D eigenvalue weighted by Gasteiger charge is 2.27. The van der Waals surface area contributed by atoms with Gasteiger partial charge in [0.15, 0.2) is 0 Å².